The maximum Gasteiger partial charge on any atom is 0.312 e. The molecular weight excluding hydrogens is 338 g/mol. The van der Waals surface area contributed by atoms with Gasteiger partial charge in [0.2, 0.25) is 0 Å². The van der Waals surface area contributed by atoms with E-state index in [2.05, 4.69) is 0 Å². The molecule has 0 bridgehead atoms. The number of carboxylic acids is 1. The maximum atomic E-state index is 12.8. The Bertz CT molecular complexity index is 845. The first-order valence-electron chi connectivity index (χ1n) is 8.29. The van der Waals surface area contributed by atoms with E-state index in [9.17, 15) is 14.7 Å². The number of benzene rings is 1. The van der Waals surface area contributed by atoms with Gasteiger partial charge in [-0.05, 0) is 37.1 Å². The second-order valence-corrected chi connectivity index (χ2v) is 8.14. The van der Waals surface area contributed by atoms with E-state index in [4.69, 9.17) is 4.74 Å². The van der Waals surface area contributed by atoms with Crippen LogP contribution >= 0.6 is 11.3 Å². The number of rotatable bonds is 2. The van der Waals surface area contributed by atoms with Crippen molar-refractivity contribution in [2.75, 3.05) is 19.7 Å². The Morgan fingerprint density at radius 2 is 2.08 bits per heavy atom. The van der Waals surface area contributed by atoms with Gasteiger partial charge in [-0.3, -0.25) is 9.59 Å². The zero-order valence-corrected chi connectivity index (χ0v) is 14.7. The molecule has 0 saturated carbocycles. The Balaban J connectivity index is 1.67. The minimum Gasteiger partial charge on any atom is -0.493 e. The molecule has 0 spiro atoms. The summed E-state index contributed by atoms with van der Waals surface area (Å²) < 4.78 is 5.88. The first-order valence-corrected chi connectivity index (χ1v) is 9.11. The number of fused-ring (bicyclic) bond motifs is 2. The second kappa shape index (κ2) is 5.88. The number of para-hydroxylation sites is 1. The van der Waals surface area contributed by atoms with Crippen molar-refractivity contribution in [2.45, 2.75) is 13.3 Å². The minimum absolute atomic E-state index is 0.0833. The van der Waals surface area contributed by atoms with Crippen LogP contribution in [0.4, 0.5) is 0 Å². The highest BCUT2D eigenvalue weighted by Crippen LogP contribution is 2.44. The molecule has 6 heteroatoms. The van der Waals surface area contributed by atoms with Crippen molar-refractivity contribution in [1.29, 1.82) is 0 Å². The van der Waals surface area contributed by atoms with E-state index >= 15 is 0 Å². The molecule has 130 valence electrons. The van der Waals surface area contributed by atoms with E-state index in [1.165, 1.54) is 11.3 Å². The number of aryl methyl sites for hydroxylation is 1. The molecule has 1 aromatic heterocycles. The number of hydrogen-bond acceptors (Lipinski definition) is 4. The summed E-state index contributed by atoms with van der Waals surface area (Å²) in [5.41, 5.74) is -0.0946. The van der Waals surface area contributed by atoms with Crippen molar-refractivity contribution < 1.29 is 19.4 Å². The van der Waals surface area contributed by atoms with Crippen LogP contribution in [0.1, 0.15) is 20.1 Å². The van der Waals surface area contributed by atoms with Gasteiger partial charge in [0.15, 0.2) is 0 Å². The molecule has 0 radical (unpaired) electrons. The van der Waals surface area contributed by atoms with Gasteiger partial charge in [0.25, 0.3) is 5.91 Å². The molecule has 1 amide bonds. The van der Waals surface area contributed by atoms with E-state index in [-0.39, 0.29) is 18.4 Å². The molecule has 1 fully saturated rings. The van der Waals surface area contributed by atoms with E-state index in [0.717, 1.165) is 16.2 Å². The van der Waals surface area contributed by atoms with Crippen molar-refractivity contribution in [3.63, 3.8) is 0 Å². The largest absolute Gasteiger partial charge is 0.493 e. The first-order chi connectivity index (χ1) is 12.0. The molecule has 25 heavy (non-hydrogen) atoms. The molecule has 4 rings (SSSR count). The highest BCUT2D eigenvalue weighted by atomic mass is 32.1. The van der Waals surface area contributed by atoms with Gasteiger partial charge in [0.05, 0.1) is 16.9 Å². The van der Waals surface area contributed by atoms with Crippen LogP contribution in [-0.2, 0) is 11.2 Å². The van der Waals surface area contributed by atoms with Crippen molar-refractivity contribution in [3.8, 4) is 5.75 Å². The van der Waals surface area contributed by atoms with Gasteiger partial charge in [-0.2, -0.15) is 0 Å². The average molecular weight is 357 g/mol. The van der Waals surface area contributed by atoms with Gasteiger partial charge in [-0.25, -0.2) is 0 Å². The fourth-order valence-electron chi connectivity index (χ4n) is 3.89. The second-order valence-electron chi connectivity index (χ2n) is 6.85. The van der Waals surface area contributed by atoms with Gasteiger partial charge in [0, 0.05) is 23.9 Å². The van der Waals surface area contributed by atoms with Crippen LogP contribution in [0.3, 0.4) is 0 Å². The summed E-state index contributed by atoms with van der Waals surface area (Å²) in [5, 5.41) is 10.0. The van der Waals surface area contributed by atoms with E-state index in [1.54, 1.807) is 4.90 Å². The monoisotopic (exact) mass is 357 g/mol. The molecule has 1 N–H and O–H groups in total. The molecule has 2 aromatic rings. The predicted molar refractivity (Wildman–Crippen MR) is 94.2 cm³/mol. The van der Waals surface area contributed by atoms with Crippen molar-refractivity contribution in [3.05, 3.63) is 51.7 Å². The van der Waals surface area contributed by atoms with Crippen LogP contribution in [0, 0.1) is 18.3 Å². The molecule has 1 aromatic carbocycles. The van der Waals surface area contributed by atoms with Crippen molar-refractivity contribution in [1.82, 2.24) is 4.90 Å². The summed E-state index contributed by atoms with van der Waals surface area (Å²) in [6, 6.07) is 11.3. The summed E-state index contributed by atoms with van der Waals surface area (Å²) in [4.78, 5) is 28.5. The van der Waals surface area contributed by atoms with Gasteiger partial charge in [0.1, 0.15) is 5.75 Å². The quantitative estimate of drug-likeness (QED) is 0.897. The standard InChI is InChI=1S/C19H19NO4S/c1-12-6-7-16(25-12)17(21)20-9-14-10-24-15-5-3-2-4-13(15)8-19(14,11-20)18(22)23/h2-7,14H,8-11H2,1H3,(H,22,23)/t14-,19+/m0/s1. The first kappa shape index (κ1) is 16.1. The lowest BCUT2D eigenvalue weighted by Gasteiger charge is -2.27. The van der Waals surface area contributed by atoms with Crippen molar-refractivity contribution in [2.24, 2.45) is 11.3 Å². The van der Waals surface area contributed by atoms with Crippen LogP contribution in [0.2, 0.25) is 0 Å². The fraction of sp³-hybridized carbons (Fsp3) is 0.368. The van der Waals surface area contributed by atoms with Crippen LogP contribution < -0.4 is 4.74 Å². The highest BCUT2D eigenvalue weighted by Gasteiger charge is 2.55. The Morgan fingerprint density at radius 3 is 2.80 bits per heavy atom. The number of carboxylic acid groups (broad SMARTS) is 1. The Kier molecular flexibility index (Phi) is 3.80. The molecular formula is C19H19NO4S. The minimum atomic E-state index is -0.992. The number of nitrogens with zero attached hydrogens (tertiary/aromatic N) is 1. The van der Waals surface area contributed by atoms with Gasteiger partial charge >= 0.3 is 5.97 Å². The Hall–Kier alpha value is -2.34. The average Bonchev–Trinajstić information content (AvgIpc) is 3.14. The topological polar surface area (TPSA) is 66.8 Å². The number of amides is 1. The Labute approximate surface area is 149 Å². The summed E-state index contributed by atoms with van der Waals surface area (Å²) in [6.07, 6.45) is 0.385. The summed E-state index contributed by atoms with van der Waals surface area (Å²) in [6.45, 7) is 2.91. The van der Waals surface area contributed by atoms with Gasteiger partial charge in [-0.15, -0.1) is 11.3 Å². The lowest BCUT2D eigenvalue weighted by atomic mass is 9.74. The van der Waals surface area contributed by atoms with Crippen LogP contribution in [-0.4, -0.2) is 41.6 Å². The summed E-state index contributed by atoms with van der Waals surface area (Å²) in [5.74, 6) is -0.401. The normalized spacial score (nSPS) is 24.8. The van der Waals surface area contributed by atoms with Crippen LogP contribution in [0.5, 0.6) is 5.75 Å². The van der Waals surface area contributed by atoms with Gasteiger partial charge in [-0.1, -0.05) is 18.2 Å². The fourth-order valence-corrected chi connectivity index (χ4v) is 4.72. The highest BCUT2D eigenvalue weighted by molar-refractivity contribution is 7.13. The number of aliphatic carboxylic acids is 1. The molecule has 5 nitrogen and oxygen atoms in total. The number of carbonyl (C=O) groups excluding carboxylic acids is 1. The summed E-state index contributed by atoms with van der Waals surface area (Å²) in [7, 11) is 0. The molecule has 2 aliphatic heterocycles. The number of thiophene rings is 1. The maximum absolute atomic E-state index is 12.8. The number of ether oxygens (including phenoxy) is 1. The lowest BCUT2D eigenvalue weighted by Crippen LogP contribution is -2.42. The van der Waals surface area contributed by atoms with Crippen LogP contribution in [0.25, 0.3) is 0 Å². The SMILES string of the molecule is Cc1ccc(C(=O)N2C[C@H]3COc4ccccc4C[C@@]3(C(=O)O)C2)s1. The smallest absolute Gasteiger partial charge is 0.312 e. The number of hydrogen-bond donors (Lipinski definition) is 1. The molecule has 3 heterocycles. The molecule has 0 unspecified atom stereocenters. The number of likely N-dealkylation sites (tertiary alicyclic amines) is 1. The third kappa shape index (κ3) is 2.61. The van der Waals surface area contributed by atoms with E-state index in [1.807, 2.05) is 43.3 Å². The van der Waals surface area contributed by atoms with Crippen molar-refractivity contribution >= 4 is 23.2 Å². The Morgan fingerprint density at radius 1 is 1.28 bits per heavy atom. The number of carbonyl (C=O) groups is 2. The lowest BCUT2D eigenvalue weighted by molar-refractivity contribution is -0.150. The van der Waals surface area contributed by atoms with E-state index in [0.29, 0.717) is 24.4 Å². The zero-order chi connectivity index (χ0) is 17.6. The third-order valence-electron chi connectivity index (χ3n) is 5.28. The third-order valence-corrected chi connectivity index (χ3v) is 6.27. The predicted octanol–water partition coefficient (Wildman–Crippen LogP) is 2.83. The van der Waals surface area contributed by atoms with E-state index < -0.39 is 11.4 Å². The van der Waals surface area contributed by atoms with Gasteiger partial charge < -0.3 is 14.7 Å². The molecule has 0 aliphatic carbocycles. The molecule has 1 saturated heterocycles. The van der Waals surface area contributed by atoms with Crippen LogP contribution in [0.15, 0.2) is 36.4 Å². The molecule has 2 atom stereocenters. The molecule has 2 aliphatic rings. The summed E-state index contributed by atoms with van der Waals surface area (Å²) >= 11 is 1.45. The zero-order valence-electron chi connectivity index (χ0n) is 13.9.